The molecule has 12 heavy (non-hydrogen) atoms. The van der Waals surface area contributed by atoms with Crippen LogP contribution in [0.3, 0.4) is 0 Å². The number of hydrogen-bond donors (Lipinski definition) is 2. The highest BCUT2D eigenvalue weighted by Gasteiger charge is 1.99. The van der Waals surface area contributed by atoms with Gasteiger partial charge in [0.05, 0.1) is 13.2 Å². The van der Waals surface area contributed by atoms with Crippen molar-refractivity contribution >= 4 is 5.78 Å². The fourth-order valence-corrected chi connectivity index (χ4v) is 0.431. The minimum atomic E-state index is -0.239. The summed E-state index contributed by atoms with van der Waals surface area (Å²) in [5.41, 5.74) is 2.32. The van der Waals surface area contributed by atoms with Crippen LogP contribution in [0.25, 0.3) is 0 Å². The van der Waals surface area contributed by atoms with E-state index in [9.17, 15) is 9.70 Å². The lowest BCUT2D eigenvalue weighted by Gasteiger charge is -2.01. The molecule has 0 heterocycles. The molecule has 0 aromatic heterocycles. The second kappa shape index (κ2) is 8.21. The zero-order valence-corrected chi connectivity index (χ0v) is 6.49. The smallest absolute Gasteiger partial charge is 0.176 e. The van der Waals surface area contributed by atoms with Gasteiger partial charge in [-0.2, -0.15) is 10.4 Å². The molecule has 0 aliphatic rings. The number of ketones is 1. The highest BCUT2D eigenvalue weighted by molar-refractivity contribution is 5.81. The van der Waals surface area contributed by atoms with Crippen LogP contribution in [0, 0.1) is 4.91 Å². The standard InChI is InChI=1S/C5H11N3O4/c6-11-4-5(9)3-8-12-2-1-7-10/h8H,1-4,6H2. The van der Waals surface area contributed by atoms with Crippen molar-refractivity contribution in [2.45, 2.75) is 0 Å². The van der Waals surface area contributed by atoms with Gasteiger partial charge in [-0.15, -0.1) is 0 Å². The third-order valence-electron chi connectivity index (χ3n) is 0.900. The average molecular weight is 177 g/mol. The van der Waals surface area contributed by atoms with Crippen molar-refractivity contribution in [3.63, 3.8) is 0 Å². The monoisotopic (exact) mass is 177 g/mol. The molecule has 0 rings (SSSR count). The van der Waals surface area contributed by atoms with Crippen LogP contribution in [-0.4, -0.2) is 32.1 Å². The summed E-state index contributed by atoms with van der Waals surface area (Å²) in [6.45, 7) is 0.0210. The van der Waals surface area contributed by atoms with Gasteiger partial charge in [-0.05, 0) is 0 Å². The highest BCUT2D eigenvalue weighted by atomic mass is 16.6. The first-order valence-corrected chi connectivity index (χ1v) is 3.28. The number of nitroso groups, excluding NO2 is 1. The number of nitrogens with one attached hydrogen (secondary N) is 1. The van der Waals surface area contributed by atoms with Crippen LogP contribution in [0.15, 0.2) is 5.18 Å². The van der Waals surface area contributed by atoms with Crippen LogP contribution < -0.4 is 11.4 Å². The van der Waals surface area contributed by atoms with E-state index in [4.69, 9.17) is 0 Å². The van der Waals surface area contributed by atoms with E-state index < -0.39 is 0 Å². The Morgan fingerprint density at radius 1 is 1.58 bits per heavy atom. The Bertz CT molecular complexity index is 141. The number of Topliss-reactive ketones (excluding diaryl/α,β-unsaturated/α-hetero) is 1. The quantitative estimate of drug-likeness (QED) is 0.272. The maximum atomic E-state index is 10.6. The minimum absolute atomic E-state index is 0.00391. The number of nitrogens with zero attached hydrogens (tertiary/aromatic N) is 1. The lowest BCUT2D eigenvalue weighted by molar-refractivity contribution is -0.125. The summed E-state index contributed by atoms with van der Waals surface area (Å²) >= 11 is 0. The molecule has 0 atom stereocenters. The van der Waals surface area contributed by atoms with E-state index in [1.165, 1.54) is 0 Å². The van der Waals surface area contributed by atoms with Crippen molar-refractivity contribution in [2.24, 2.45) is 11.1 Å². The van der Waals surface area contributed by atoms with E-state index in [2.05, 4.69) is 26.2 Å². The van der Waals surface area contributed by atoms with Crippen molar-refractivity contribution in [2.75, 3.05) is 26.3 Å². The molecule has 0 bridgehead atoms. The molecule has 0 amide bonds. The fraction of sp³-hybridized carbons (Fsp3) is 0.800. The van der Waals surface area contributed by atoms with Gasteiger partial charge in [0.15, 0.2) is 5.78 Å². The number of carbonyl (C=O) groups is 1. The Morgan fingerprint density at radius 2 is 2.33 bits per heavy atom. The Balaban J connectivity index is 3.08. The summed E-state index contributed by atoms with van der Waals surface area (Å²) in [5, 5.41) is 2.54. The van der Waals surface area contributed by atoms with Crippen molar-refractivity contribution in [1.29, 1.82) is 0 Å². The predicted octanol–water partition coefficient (Wildman–Crippen LogP) is -1.27. The fourth-order valence-electron chi connectivity index (χ4n) is 0.431. The van der Waals surface area contributed by atoms with Gasteiger partial charge in [-0.1, -0.05) is 5.18 Å². The minimum Gasteiger partial charge on any atom is -0.299 e. The Labute approximate surface area is 69.1 Å². The van der Waals surface area contributed by atoms with Gasteiger partial charge in [-0.3, -0.25) is 14.5 Å². The number of nitrogens with two attached hydrogens (primary N) is 1. The molecule has 0 unspecified atom stereocenters. The van der Waals surface area contributed by atoms with Gasteiger partial charge in [0.25, 0.3) is 0 Å². The molecule has 0 fully saturated rings. The normalized spacial score (nSPS) is 9.75. The van der Waals surface area contributed by atoms with Crippen LogP contribution in [-0.2, 0) is 14.5 Å². The van der Waals surface area contributed by atoms with Gasteiger partial charge < -0.3 is 0 Å². The van der Waals surface area contributed by atoms with Crippen LogP contribution in [0.4, 0.5) is 0 Å². The molecule has 0 spiro atoms. The molecule has 70 valence electrons. The number of hydroxylamine groups is 1. The topological polar surface area (TPSA) is 103 Å². The SMILES string of the molecule is NOCC(=O)CNOCCN=O. The van der Waals surface area contributed by atoms with Crippen LogP contribution >= 0.6 is 0 Å². The lowest BCUT2D eigenvalue weighted by atomic mass is 10.4. The molecule has 0 radical (unpaired) electrons. The van der Waals surface area contributed by atoms with Gasteiger partial charge in [0.2, 0.25) is 0 Å². The zero-order valence-electron chi connectivity index (χ0n) is 6.49. The molecule has 0 aliphatic carbocycles. The molecule has 0 aliphatic heterocycles. The van der Waals surface area contributed by atoms with Crippen molar-refractivity contribution in [3.8, 4) is 0 Å². The molecule has 0 aromatic rings. The average Bonchev–Trinajstić information content (AvgIpc) is 2.05. The molecule has 7 nitrogen and oxygen atoms in total. The maximum absolute atomic E-state index is 10.6. The molecule has 3 N–H and O–H groups in total. The van der Waals surface area contributed by atoms with E-state index in [1.807, 2.05) is 0 Å². The number of hydrogen-bond acceptors (Lipinski definition) is 7. The molecular weight excluding hydrogens is 166 g/mol. The van der Waals surface area contributed by atoms with Crippen LogP contribution in [0.1, 0.15) is 0 Å². The lowest BCUT2D eigenvalue weighted by Crippen LogP contribution is -2.27. The van der Waals surface area contributed by atoms with Crippen LogP contribution in [0.5, 0.6) is 0 Å². The van der Waals surface area contributed by atoms with Crippen molar-refractivity contribution in [1.82, 2.24) is 5.48 Å². The van der Waals surface area contributed by atoms with Gasteiger partial charge in [0, 0.05) is 0 Å². The first-order valence-electron chi connectivity index (χ1n) is 3.28. The summed E-state index contributed by atoms with van der Waals surface area (Å²) in [4.78, 5) is 28.9. The third-order valence-corrected chi connectivity index (χ3v) is 0.900. The highest BCUT2D eigenvalue weighted by Crippen LogP contribution is 1.73. The summed E-state index contributed by atoms with van der Waals surface area (Å²) in [5.74, 6) is 4.40. The summed E-state index contributed by atoms with van der Waals surface area (Å²) in [7, 11) is 0. The second-order valence-electron chi connectivity index (χ2n) is 1.87. The van der Waals surface area contributed by atoms with Crippen molar-refractivity contribution < 1.29 is 14.5 Å². The first kappa shape index (κ1) is 11.1. The molecule has 0 saturated heterocycles. The third kappa shape index (κ3) is 7.22. The predicted molar refractivity (Wildman–Crippen MR) is 39.8 cm³/mol. The summed E-state index contributed by atoms with van der Waals surface area (Å²) < 4.78 is 0. The van der Waals surface area contributed by atoms with Gasteiger partial charge in [-0.25, -0.2) is 5.90 Å². The van der Waals surface area contributed by atoms with Crippen LogP contribution in [0.2, 0.25) is 0 Å². The maximum Gasteiger partial charge on any atom is 0.176 e. The zero-order chi connectivity index (χ0) is 9.23. The van der Waals surface area contributed by atoms with Gasteiger partial charge in [0.1, 0.15) is 13.2 Å². The number of rotatable bonds is 8. The van der Waals surface area contributed by atoms with E-state index in [0.717, 1.165) is 0 Å². The Hall–Kier alpha value is -0.890. The molecular formula is C5H11N3O4. The first-order chi connectivity index (χ1) is 5.81. The Morgan fingerprint density at radius 3 is 2.92 bits per heavy atom. The Kier molecular flexibility index (Phi) is 7.60. The molecule has 0 aromatic carbocycles. The largest absolute Gasteiger partial charge is 0.299 e. The van der Waals surface area contributed by atoms with E-state index >= 15 is 0 Å². The van der Waals surface area contributed by atoms with E-state index in [-0.39, 0.29) is 32.1 Å². The molecule has 7 heteroatoms. The second-order valence-corrected chi connectivity index (χ2v) is 1.87. The van der Waals surface area contributed by atoms with E-state index in [1.54, 1.807) is 0 Å². The van der Waals surface area contributed by atoms with Crippen molar-refractivity contribution in [3.05, 3.63) is 4.91 Å². The number of carbonyl (C=O) groups excluding carboxylic acids is 1. The molecule has 0 saturated carbocycles. The van der Waals surface area contributed by atoms with Gasteiger partial charge >= 0.3 is 0 Å². The summed E-state index contributed by atoms with van der Waals surface area (Å²) in [6.07, 6.45) is 0. The van der Waals surface area contributed by atoms with E-state index in [0.29, 0.717) is 0 Å². The summed E-state index contributed by atoms with van der Waals surface area (Å²) in [6, 6.07) is 0.